The Bertz CT molecular complexity index is 279. The number of carbonyl (C=O) groups is 1. The molecule has 1 aliphatic heterocycles. The summed E-state index contributed by atoms with van der Waals surface area (Å²) in [6.45, 7) is 9.15. The Morgan fingerprint density at radius 3 is 2.59 bits per heavy atom. The second-order valence-corrected chi connectivity index (χ2v) is 5.71. The minimum absolute atomic E-state index is 0.0619. The fourth-order valence-corrected chi connectivity index (χ4v) is 2.59. The van der Waals surface area contributed by atoms with E-state index in [0.29, 0.717) is 0 Å². The molecule has 1 aliphatic rings. The average molecular weight is 242 g/mol. The molecule has 0 aromatic rings. The molecule has 0 aliphatic carbocycles. The molecule has 17 heavy (non-hydrogen) atoms. The third-order valence-electron chi connectivity index (χ3n) is 3.99. The van der Waals surface area contributed by atoms with Crippen LogP contribution in [0.5, 0.6) is 0 Å². The van der Waals surface area contributed by atoms with Gasteiger partial charge in [0.2, 0.25) is 5.91 Å². The van der Waals surface area contributed by atoms with Crippen molar-refractivity contribution >= 4 is 5.91 Å². The second-order valence-electron chi connectivity index (χ2n) is 5.71. The SMILES string of the molecule is CCC(C)N1C(=O)C(CO)N(C)CCC1(C)C. The van der Waals surface area contributed by atoms with Crippen LogP contribution in [0.2, 0.25) is 0 Å². The van der Waals surface area contributed by atoms with Crippen molar-refractivity contribution in [3.05, 3.63) is 0 Å². The zero-order valence-corrected chi connectivity index (χ0v) is 11.7. The quantitative estimate of drug-likeness (QED) is 0.805. The fraction of sp³-hybridized carbons (Fsp3) is 0.923. The summed E-state index contributed by atoms with van der Waals surface area (Å²) in [5.41, 5.74) is -0.134. The van der Waals surface area contributed by atoms with Gasteiger partial charge in [0.15, 0.2) is 0 Å². The lowest BCUT2D eigenvalue weighted by molar-refractivity contribution is -0.143. The normalized spacial score (nSPS) is 28.0. The summed E-state index contributed by atoms with van der Waals surface area (Å²) in [6, 6.07) is -0.163. The van der Waals surface area contributed by atoms with Gasteiger partial charge in [-0.1, -0.05) is 6.92 Å². The topological polar surface area (TPSA) is 43.8 Å². The summed E-state index contributed by atoms with van der Waals surface area (Å²) in [5, 5.41) is 9.41. The van der Waals surface area contributed by atoms with Crippen molar-refractivity contribution in [1.29, 1.82) is 0 Å². The third-order valence-corrected chi connectivity index (χ3v) is 3.99. The molecule has 1 fully saturated rings. The highest BCUT2D eigenvalue weighted by molar-refractivity contribution is 5.83. The number of rotatable bonds is 3. The van der Waals surface area contributed by atoms with Crippen LogP contribution < -0.4 is 0 Å². The summed E-state index contributed by atoms with van der Waals surface area (Å²) in [4.78, 5) is 16.5. The summed E-state index contributed by atoms with van der Waals surface area (Å²) < 4.78 is 0. The van der Waals surface area contributed by atoms with E-state index in [1.54, 1.807) is 0 Å². The maximum absolute atomic E-state index is 12.5. The van der Waals surface area contributed by atoms with Gasteiger partial charge in [-0.3, -0.25) is 9.69 Å². The lowest BCUT2D eigenvalue weighted by Crippen LogP contribution is -2.55. The van der Waals surface area contributed by atoms with Crippen LogP contribution in [-0.4, -0.2) is 58.6 Å². The van der Waals surface area contributed by atoms with E-state index in [1.807, 2.05) is 16.8 Å². The van der Waals surface area contributed by atoms with Crippen molar-refractivity contribution in [2.45, 2.75) is 58.2 Å². The number of hydrogen-bond acceptors (Lipinski definition) is 3. The highest BCUT2D eigenvalue weighted by Gasteiger charge is 2.41. The first kappa shape index (κ1) is 14.5. The number of carbonyl (C=O) groups excluding carboxylic acids is 1. The number of aliphatic hydroxyl groups excluding tert-OH is 1. The molecule has 1 saturated heterocycles. The van der Waals surface area contributed by atoms with Crippen LogP contribution >= 0.6 is 0 Å². The van der Waals surface area contributed by atoms with E-state index in [2.05, 4.69) is 27.7 Å². The van der Waals surface area contributed by atoms with Gasteiger partial charge in [0.05, 0.1) is 6.61 Å². The van der Waals surface area contributed by atoms with E-state index in [1.165, 1.54) is 0 Å². The highest BCUT2D eigenvalue weighted by Crippen LogP contribution is 2.28. The second kappa shape index (κ2) is 5.36. The Hall–Kier alpha value is -0.610. The van der Waals surface area contributed by atoms with Crippen molar-refractivity contribution < 1.29 is 9.90 Å². The molecule has 1 rings (SSSR count). The monoisotopic (exact) mass is 242 g/mol. The first-order valence-electron chi connectivity index (χ1n) is 6.49. The summed E-state index contributed by atoms with van der Waals surface area (Å²) >= 11 is 0. The van der Waals surface area contributed by atoms with Crippen molar-refractivity contribution in [2.75, 3.05) is 20.2 Å². The van der Waals surface area contributed by atoms with Gasteiger partial charge in [0.1, 0.15) is 6.04 Å². The van der Waals surface area contributed by atoms with E-state index in [0.717, 1.165) is 19.4 Å². The van der Waals surface area contributed by atoms with E-state index >= 15 is 0 Å². The summed E-state index contributed by atoms with van der Waals surface area (Å²) in [5.74, 6) is 0.0619. The molecule has 0 radical (unpaired) electrons. The van der Waals surface area contributed by atoms with Crippen molar-refractivity contribution in [1.82, 2.24) is 9.80 Å². The Morgan fingerprint density at radius 2 is 2.12 bits per heavy atom. The van der Waals surface area contributed by atoms with E-state index in [4.69, 9.17) is 0 Å². The smallest absolute Gasteiger partial charge is 0.242 e. The first-order chi connectivity index (χ1) is 7.85. The van der Waals surface area contributed by atoms with Crippen LogP contribution in [0, 0.1) is 0 Å². The Kier molecular flexibility index (Phi) is 4.55. The van der Waals surface area contributed by atoms with Gasteiger partial charge in [-0.15, -0.1) is 0 Å². The molecule has 0 spiro atoms. The van der Waals surface area contributed by atoms with Crippen LogP contribution in [0.1, 0.15) is 40.5 Å². The van der Waals surface area contributed by atoms with E-state index < -0.39 is 0 Å². The molecule has 2 atom stereocenters. The molecule has 1 N–H and O–H groups in total. The molecule has 4 nitrogen and oxygen atoms in total. The van der Waals surface area contributed by atoms with Crippen molar-refractivity contribution in [3.8, 4) is 0 Å². The largest absolute Gasteiger partial charge is 0.394 e. The first-order valence-corrected chi connectivity index (χ1v) is 6.49. The molecule has 2 unspecified atom stereocenters. The molecule has 0 aromatic carbocycles. The lowest BCUT2D eigenvalue weighted by Gasteiger charge is -2.42. The number of amides is 1. The predicted octanol–water partition coefficient (Wildman–Crippen LogP) is 1.09. The molecule has 4 heteroatoms. The zero-order valence-electron chi connectivity index (χ0n) is 11.7. The standard InChI is InChI=1S/C13H26N2O2/c1-6-10(2)15-12(17)11(9-16)14(5)8-7-13(15,3)4/h10-11,16H,6-9H2,1-5H3. The van der Waals surface area contributed by atoms with Crippen LogP contribution in [0.15, 0.2) is 0 Å². The highest BCUT2D eigenvalue weighted by atomic mass is 16.3. The predicted molar refractivity (Wildman–Crippen MR) is 68.8 cm³/mol. The van der Waals surface area contributed by atoms with Crippen LogP contribution in [-0.2, 0) is 4.79 Å². The van der Waals surface area contributed by atoms with Gasteiger partial charge in [-0.25, -0.2) is 0 Å². The molecular weight excluding hydrogens is 216 g/mol. The van der Waals surface area contributed by atoms with Crippen LogP contribution in [0.3, 0.4) is 0 Å². The van der Waals surface area contributed by atoms with Crippen LogP contribution in [0.4, 0.5) is 0 Å². The minimum atomic E-state index is -0.384. The van der Waals surface area contributed by atoms with Gasteiger partial charge in [-0.2, -0.15) is 0 Å². The molecule has 1 heterocycles. The molecular formula is C13H26N2O2. The Labute approximate surface area is 105 Å². The van der Waals surface area contributed by atoms with E-state index in [9.17, 15) is 9.90 Å². The van der Waals surface area contributed by atoms with E-state index in [-0.39, 0.29) is 30.1 Å². The lowest BCUT2D eigenvalue weighted by atomic mass is 9.95. The third kappa shape index (κ3) is 2.80. The number of likely N-dealkylation sites (N-methyl/N-ethyl adjacent to an activating group) is 1. The van der Waals surface area contributed by atoms with Gasteiger partial charge in [-0.05, 0) is 40.7 Å². The molecule has 1 amide bonds. The van der Waals surface area contributed by atoms with Crippen LogP contribution in [0.25, 0.3) is 0 Å². The number of aliphatic hydroxyl groups is 1. The summed E-state index contributed by atoms with van der Waals surface area (Å²) in [6.07, 6.45) is 1.88. The fourth-order valence-electron chi connectivity index (χ4n) is 2.59. The summed E-state index contributed by atoms with van der Waals surface area (Å²) in [7, 11) is 1.91. The Balaban J connectivity index is 3.06. The average Bonchev–Trinajstić information content (AvgIpc) is 2.34. The molecule has 100 valence electrons. The van der Waals surface area contributed by atoms with Gasteiger partial charge in [0, 0.05) is 18.1 Å². The maximum Gasteiger partial charge on any atom is 0.242 e. The van der Waals surface area contributed by atoms with Gasteiger partial charge < -0.3 is 10.0 Å². The molecule has 0 aromatic heterocycles. The molecule has 0 bridgehead atoms. The van der Waals surface area contributed by atoms with Crippen molar-refractivity contribution in [2.24, 2.45) is 0 Å². The van der Waals surface area contributed by atoms with Gasteiger partial charge in [0.25, 0.3) is 0 Å². The van der Waals surface area contributed by atoms with Gasteiger partial charge >= 0.3 is 0 Å². The zero-order chi connectivity index (χ0) is 13.2. The Morgan fingerprint density at radius 1 is 1.53 bits per heavy atom. The minimum Gasteiger partial charge on any atom is -0.394 e. The number of nitrogens with zero attached hydrogens (tertiary/aromatic N) is 2. The van der Waals surface area contributed by atoms with Crippen molar-refractivity contribution in [3.63, 3.8) is 0 Å². The number of hydrogen-bond donors (Lipinski definition) is 1. The maximum atomic E-state index is 12.5. The molecule has 0 saturated carbocycles.